The SMILES string of the molecule is Cc1c(C(=O)O)sc(S(=O)(=O)N2CCN(C(=O)[C@H](C)Sc3ccccc3)CC2)c1C(=O)O. The summed E-state index contributed by atoms with van der Waals surface area (Å²) >= 11 is 1.86. The Labute approximate surface area is 193 Å². The molecule has 12 heteroatoms. The fourth-order valence-electron chi connectivity index (χ4n) is 3.40. The molecule has 2 heterocycles. The summed E-state index contributed by atoms with van der Waals surface area (Å²) in [5.74, 6) is -2.98. The molecule has 1 aromatic carbocycles. The summed E-state index contributed by atoms with van der Waals surface area (Å²) < 4.78 is 26.9. The van der Waals surface area contributed by atoms with Gasteiger partial charge in [-0.2, -0.15) is 4.31 Å². The zero-order valence-corrected chi connectivity index (χ0v) is 19.8. The molecule has 1 aliphatic rings. The highest BCUT2D eigenvalue weighted by molar-refractivity contribution is 8.00. The van der Waals surface area contributed by atoms with Crippen molar-refractivity contribution < 1.29 is 33.0 Å². The fraction of sp³-hybridized carbons (Fsp3) is 0.350. The van der Waals surface area contributed by atoms with Crippen molar-refractivity contribution in [3.63, 3.8) is 0 Å². The van der Waals surface area contributed by atoms with Crippen LogP contribution in [0.25, 0.3) is 0 Å². The maximum Gasteiger partial charge on any atom is 0.346 e. The number of carbonyl (C=O) groups is 3. The molecular formula is C20H22N2O7S3. The van der Waals surface area contributed by atoms with Gasteiger partial charge >= 0.3 is 11.9 Å². The van der Waals surface area contributed by atoms with Crippen LogP contribution in [0.2, 0.25) is 0 Å². The number of piperazine rings is 1. The first kappa shape index (κ1) is 24.2. The highest BCUT2D eigenvalue weighted by atomic mass is 32.2. The van der Waals surface area contributed by atoms with Gasteiger partial charge in [0.1, 0.15) is 4.88 Å². The second-order valence-electron chi connectivity index (χ2n) is 7.13. The summed E-state index contributed by atoms with van der Waals surface area (Å²) in [5, 5.41) is 18.4. The van der Waals surface area contributed by atoms with Crippen molar-refractivity contribution in [2.24, 2.45) is 0 Å². The zero-order valence-electron chi connectivity index (χ0n) is 17.3. The van der Waals surface area contributed by atoms with Gasteiger partial charge in [-0.3, -0.25) is 4.79 Å². The standard InChI is InChI=1S/C20H22N2O7S3/c1-12-15(18(24)25)20(31-16(12)19(26)27)32(28,29)22-10-8-21(9-11-22)17(23)13(2)30-14-6-4-3-5-7-14/h3-7,13H,8-11H2,1-2H3,(H,24,25)(H,26,27)/t13-/m0/s1. The summed E-state index contributed by atoms with van der Waals surface area (Å²) in [6.07, 6.45) is 0. The third-order valence-electron chi connectivity index (χ3n) is 5.05. The maximum atomic E-state index is 13.1. The molecule has 2 N–H and O–H groups in total. The first-order valence-corrected chi connectivity index (χ1v) is 12.8. The normalized spacial score (nSPS) is 16.0. The molecule has 9 nitrogen and oxygen atoms in total. The predicted molar refractivity (Wildman–Crippen MR) is 120 cm³/mol. The minimum atomic E-state index is -4.23. The van der Waals surface area contributed by atoms with E-state index in [4.69, 9.17) is 0 Å². The van der Waals surface area contributed by atoms with Gasteiger partial charge in [0, 0.05) is 31.1 Å². The van der Waals surface area contributed by atoms with Crippen LogP contribution in [0.4, 0.5) is 0 Å². The Kier molecular flexibility index (Phi) is 7.28. The average molecular weight is 499 g/mol. The van der Waals surface area contributed by atoms with Crippen LogP contribution >= 0.6 is 23.1 Å². The van der Waals surface area contributed by atoms with Crippen molar-refractivity contribution in [3.05, 3.63) is 46.3 Å². The molecule has 2 aromatic rings. The van der Waals surface area contributed by atoms with Crippen LogP contribution in [0.1, 0.15) is 32.5 Å². The Morgan fingerprint density at radius 2 is 1.62 bits per heavy atom. The summed E-state index contributed by atoms with van der Waals surface area (Å²) in [4.78, 5) is 38.1. The van der Waals surface area contributed by atoms with E-state index < -0.39 is 31.7 Å². The average Bonchev–Trinajstić information content (AvgIpc) is 3.12. The van der Waals surface area contributed by atoms with Gasteiger partial charge in [0.25, 0.3) is 10.0 Å². The van der Waals surface area contributed by atoms with Crippen LogP contribution in [0, 0.1) is 6.92 Å². The van der Waals surface area contributed by atoms with Crippen LogP contribution in [0.15, 0.2) is 39.4 Å². The third kappa shape index (κ3) is 4.82. The number of sulfonamides is 1. The van der Waals surface area contributed by atoms with Crippen molar-refractivity contribution >= 4 is 51.0 Å². The largest absolute Gasteiger partial charge is 0.478 e. The lowest BCUT2D eigenvalue weighted by molar-refractivity contribution is -0.131. The summed E-state index contributed by atoms with van der Waals surface area (Å²) in [6.45, 7) is 3.39. The van der Waals surface area contributed by atoms with Crippen molar-refractivity contribution in [3.8, 4) is 0 Å². The van der Waals surface area contributed by atoms with Crippen molar-refractivity contribution in [2.45, 2.75) is 28.2 Å². The van der Waals surface area contributed by atoms with Gasteiger partial charge in [-0.1, -0.05) is 18.2 Å². The highest BCUT2D eigenvalue weighted by Gasteiger charge is 2.37. The number of carboxylic acids is 2. The molecule has 0 saturated carbocycles. The topological polar surface area (TPSA) is 132 Å². The van der Waals surface area contributed by atoms with Gasteiger partial charge < -0.3 is 15.1 Å². The lowest BCUT2D eigenvalue weighted by atomic mass is 10.2. The fourth-order valence-corrected chi connectivity index (χ4v) is 7.60. The van der Waals surface area contributed by atoms with Crippen molar-refractivity contribution in [2.75, 3.05) is 26.2 Å². The van der Waals surface area contributed by atoms with Gasteiger partial charge in [-0.25, -0.2) is 18.0 Å². The molecule has 0 aliphatic carbocycles. The number of amides is 1. The third-order valence-corrected chi connectivity index (χ3v) is 9.82. The minimum Gasteiger partial charge on any atom is -0.478 e. The summed E-state index contributed by atoms with van der Waals surface area (Å²) in [7, 11) is -4.23. The van der Waals surface area contributed by atoms with Crippen LogP contribution < -0.4 is 0 Å². The lowest BCUT2D eigenvalue weighted by Gasteiger charge is -2.35. The monoisotopic (exact) mass is 498 g/mol. The van der Waals surface area contributed by atoms with Crippen LogP contribution in [0.5, 0.6) is 0 Å². The molecular weight excluding hydrogens is 476 g/mol. The van der Waals surface area contributed by atoms with E-state index in [0.29, 0.717) is 11.3 Å². The number of hydrogen-bond donors (Lipinski definition) is 2. The maximum absolute atomic E-state index is 13.1. The van der Waals surface area contributed by atoms with E-state index >= 15 is 0 Å². The van der Waals surface area contributed by atoms with Gasteiger partial charge in [0.15, 0.2) is 4.21 Å². The molecule has 1 saturated heterocycles. The van der Waals surface area contributed by atoms with E-state index in [2.05, 4.69) is 0 Å². The van der Waals surface area contributed by atoms with Gasteiger partial charge in [-0.05, 0) is 31.5 Å². The molecule has 172 valence electrons. The second-order valence-corrected chi connectivity index (χ2v) is 11.7. The molecule has 1 fully saturated rings. The molecule has 0 radical (unpaired) electrons. The Morgan fingerprint density at radius 3 is 2.16 bits per heavy atom. The van der Waals surface area contributed by atoms with E-state index in [1.807, 2.05) is 30.3 Å². The number of thioether (sulfide) groups is 1. The van der Waals surface area contributed by atoms with Crippen LogP contribution in [0.3, 0.4) is 0 Å². The van der Waals surface area contributed by atoms with E-state index in [1.54, 1.807) is 11.8 Å². The van der Waals surface area contributed by atoms with E-state index in [1.165, 1.54) is 18.7 Å². The highest BCUT2D eigenvalue weighted by Crippen LogP contribution is 2.34. The number of carbonyl (C=O) groups excluding carboxylic acids is 1. The van der Waals surface area contributed by atoms with Gasteiger partial charge in [0.2, 0.25) is 5.91 Å². The van der Waals surface area contributed by atoms with Gasteiger partial charge in [0.05, 0.1) is 10.8 Å². The number of benzene rings is 1. The molecule has 0 unspecified atom stereocenters. The quantitative estimate of drug-likeness (QED) is 0.557. The first-order chi connectivity index (χ1) is 15.0. The molecule has 1 amide bonds. The Hall–Kier alpha value is -2.41. The number of hydrogen-bond acceptors (Lipinski definition) is 7. The lowest BCUT2D eigenvalue weighted by Crippen LogP contribution is -2.52. The molecule has 1 aromatic heterocycles. The summed E-state index contributed by atoms with van der Waals surface area (Å²) in [6, 6.07) is 9.48. The van der Waals surface area contributed by atoms with E-state index in [-0.39, 0.29) is 47.8 Å². The number of thiophene rings is 1. The molecule has 32 heavy (non-hydrogen) atoms. The van der Waals surface area contributed by atoms with E-state index in [0.717, 1.165) is 9.20 Å². The molecule has 1 aliphatic heterocycles. The molecule has 1 atom stereocenters. The minimum absolute atomic E-state index is 0.00475. The molecule has 0 bridgehead atoms. The van der Waals surface area contributed by atoms with E-state index in [9.17, 15) is 33.0 Å². The smallest absolute Gasteiger partial charge is 0.346 e. The second kappa shape index (κ2) is 9.61. The van der Waals surface area contributed by atoms with Crippen molar-refractivity contribution in [1.29, 1.82) is 0 Å². The number of nitrogens with zero attached hydrogens (tertiary/aromatic N) is 2. The Morgan fingerprint density at radius 1 is 1.03 bits per heavy atom. The zero-order chi connectivity index (χ0) is 23.6. The number of rotatable bonds is 7. The van der Waals surface area contributed by atoms with Gasteiger partial charge in [-0.15, -0.1) is 23.1 Å². The number of aromatic carboxylic acids is 2. The molecule has 0 spiro atoms. The van der Waals surface area contributed by atoms with Crippen LogP contribution in [-0.4, -0.2) is 77.1 Å². The van der Waals surface area contributed by atoms with Crippen LogP contribution in [-0.2, 0) is 14.8 Å². The predicted octanol–water partition coefficient (Wildman–Crippen LogP) is 2.47. The first-order valence-electron chi connectivity index (χ1n) is 9.64. The number of carboxylic acid groups (broad SMARTS) is 2. The Balaban J connectivity index is 1.73. The molecule has 3 rings (SSSR count). The summed E-state index contributed by atoms with van der Waals surface area (Å²) in [5.41, 5.74) is -0.604. The van der Waals surface area contributed by atoms with Crippen molar-refractivity contribution in [1.82, 2.24) is 9.21 Å². The Bertz CT molecular complexity index is 1140.